The number of carbonyl (C=O) groups excluding carboxylic acids is 1. The average Bonchev–Trinajstić information content (AvgIpc) is 2.60. The molecule has 2 rings (SSSR count). The molecule has 0 aliphatic carbocycles. The van der Waals surface area contributed by atoms with Crippen molar-refractivity contribution in [2.45, 2.75) is 6.92 Å². The fourth-order valence-electron chi connectivity index (χ4n) is 1.50. The van der Waals surface area contributed by atoms with Crippen LogP contribution < -0.4 is 5.43 Å². The summed E-state index contributed by atoms with van der Waals surface area (Å²) in [6.45, 7) is 1.74. The molecule has 1 amide bonds. The van der Waals surface area contributed by atoms with Crippen molar-refractivity contribution < 1.29 is 9.72 Å². The lowest BCUT2D eigenvalue weighted by Crippen LogP contribution is -2.20. The molecule has 0 radical (unpaired) electrons. The topological polar surface area (TPSA) is 84.6 Å². The third-order valence-electron chi connectivity index (χ3n) is 2.46. The first kappa shape index (κ1) is 10.3. The number of rotatable bonds is 2. The number of hydrazone groups is 1. The van der Waals surface area contributed by atoms with Gasteiger partial charge >= 0.3 is 0 Å². The van der Waals surface area contributed by atoms with Crippen molar-refractivity contribution >= 4 is 17.3 Å². The minimum absolute atomic E-state index is 0.0225. The van der Waals surface area contributed by atoms with E-state index in [4.69, 9.17) is 0 Å². The predicted octanol–water partition coefficient (Wildman–Crippen LogP) is 1.06. The molecule has 82 valence electrons. The lowest BCUT2D eigenvalue weighted by atomic mass is 9.99. The van der Waals surface area contributed by atoms with Crippen LogP contribution in [0.15, 0.2) is 29.4 Å². The average molecular weight is 219 g/mol. The third-order valence-corrected chi connectivity index (χ3v) is 2.46. The highest BCUT2D eigenvalue weighted by atomic mass is 16.6. The zero-order valence-electron chi connectivity index (χ0n) is 8.51. The fraction of sp³-hybridized carbons (Fsp3) is 0.200. The maximum atomic E-state index is 11.2. The summed E-state index contributed by atoms with van der Waals surface area (Å²) in [5.74, 6) is -0.477. The smallest absolute Gasteiger partial charge is 0.269 e. The van der Waals surface area contributed by atoms with Gasteiger partial charge in [-0.2, -0.15) is 5.10 Å². The van der Waals surface area contributed by atoms with Crippen molar-refractivity contribution in [1.29, 1.82) is 0 Å². The Morgan fingerprint density at radius 1 is 1.38 bits per heavy atom. The maximum Gasteiger partial charge on any atom is 0.269 e. The number of non-ortho nitro benzene ring substituents is 1. The standard InChI is InChI=1S/C10H9N3O3/c1-6-9(11-12-10(6)14)7-2-4-8(5-3-7)13(15)16/h2-6H,1H3,(H,12,14)/t6-/m1/s1. The summed E-state index contributed by atoms with van der Waals surface area (Å²) < 4.78 is 0. The number of nitro benzene ring substituents is 1. The van der Waals surface area contributed by atoms with Crippen LogP contribution in [0, 0.1) is 16.0 Å². The highest BCUT2D eigenvalue weighted by Crippen LogP contribution is 2.17. The van der Waals surface area contributed by atoms with Crippen LogP contribution in [0.1, 0.15) is 12.5 Å². The van der Waals surface area contributed by atoms with Gasteiger partial charge in [0.2, 0.25) is 5.91 Å². The van der Waals surface area contributed by atoms with Crippen molar-refractivity contribution in [3.63, 3.8) is 0 Å². The number of nitro groups is 1. The van der Waals surface area contributed by atoms with Gasteiger partial charge in [0, 0.05) is 12.1 Å². The van der Waals surface area contributed by atoms with Crippen molar-refractivity contribution in [3.05, 3.63) is 39.9 Å². The second-order valence-corrected chi connectivity index (χ2v) is 3.50. The molecule has 1 atom stereocenters. The quantitative estimate of drug-likeness (QED) is 0.596. The molecule has 6 nitrogen and oxygen atoms in total. The molecular weight excluding hydrogens is 210 g/mol. The summed E-state index contributed by atoms with van der Waals surface area (Å²) in [5.41, 5.74) is 3.72. The Kier molecular flexibility index (Phi) is 2.40. The molecule has 1 N–H and O–H groups in total. The second-order valence-electron chi connectivity index (χ2n) is 3.50. The fourth-order valence-corrected chi connectivity index (χ4v) is 1.50. The van der Waals surface area contributed by atoms with Gasteiger partial charge in [-0.05, 0) is 24.6 Å². The number of nitrogens with one attached hydrogen (secondary N) is 1. The van der Waals surface area contributed by atoms with E-state index in [9.17, 15) is 14.9 Å². The molecular formula is C10H9N3O3. The molecule has 1 aromatic rings. The van der Waals surface area contributed by atoms with E-state index in [1.165, 1.54) is 12.1 Å². The number of hydrogen-bond donors (Lipinski definition) is 1. The molecule has 1 aromatic carbocycles. The zero-order valence-corrected chi connectivity index (χ0v) is 8.51. The van der Waals surface area contributed by atoms with Gasteiger partial charge in [0.1, 0.15) is 0 Å². The number of amides is 1. The van der Waals surface area contributed by atoms with E-state index in [1.54, 1.807) is 19.1 Å². The SMILES string of the molecule is C[C@H]1C(=O)NN=C1c1ccc([N+](=O)[O-])cc1. The number of nitrogens with zero attached hydrogens (tertiary/aromatic N) is 2. The number of carbonyl (C=O) groups is 1. The minimum atomic E-state index is -0.465. The molecule has 0 spiro atoms. The van der Waals surface area contributed by atoms with Gasteiger partial charge in [-0.15, -0.1) is 0 Å². The Bertz CT molecular complexity index is 479. The van der Waals surface area contributed by atoms with Crippen LogP contribution in [0.4, 0.5) is 5.69 Å². The van der Waals surface area contributed by atoms with Crippen molar-refractivity contribution in [3.8, 4) is 0 Å². The molecule has 0 unspecified atom stereocenters. The van der Waals surface area contributed by atoms with E-state index in [0.29, 0.717) is 5.71 Å². The summed E-state index contributed by atoms with van der Waals surface area (Å²) in [4.78, 5) is 21.2. The van der Waals surface area contributed by atoms with Crippen LogP contribution in [0.3, 0.4) is 0 Å². The Labute approximate surface area is 91.1 Å². The molecule has 16 heavy (non-hydrogen) atoms. The first-order valence-electron chi connectivity index (χ1n) is 4.72. The number of hydrogen-bond acceptors (Lipinski definition) is 4. The molecule has 1 heterocycles. The van der Waals surface area contributed by atoms with E-state index in [0.717, 1.165) is 5.56 Å². The summed E-state index contributed by atoms with van der Waals surface area (Å²) >= 11 is 0. The van der Waals surface area contributed by atoms with Gasteiger partial charge < -0.3 is 0 Å². The summed E-state index contributed by atoms with van der Waals surface area (Å²) in [5, 5.41) is 14.3. The normalized spacial score (nSPS) is 19.2. The number of benzene rings is 1. The van der Waals surface area contributed by atoms with E-state index in [2.05, 4.69) is 10.5 Å². The molecule has 1 aliphatic heterocycles. The Balaban J connectivity index is 2.29. The molecule has 0 aromatic heterocycles. The van der Waals surface area contributed by atoms with Crippen LogP contribution in [0.2, 0.25) is 0 Å². The van der Waals surface area contributed by atoms with E-state index in [-0.39, 0.29) is 17.5 Å². The first-order valence-corrected chi connectivity index (χ1v) is 4.72. The van der Waals surface area contributed by atoms with Crippen molar-refractivity contribution in [1.82, 2.24) is 5.43 Å². The van der Waals surface area contributed by atoms with Crippen LogP contribution >= 0.6 is 0 Å². The monoisotopic (exact) mass is 219 g/mol. The second kappa shape index (κ2) is 3.73. The lowest BCUT2D eigenvalue weighted by molar-refractivity contribution is -0.384. The third kappa shape index (κ3) is 1.65. The summed E-state index contributed by atoms with van der Waals surface area (Å²) in [6, 6.07) is 5.97. The molecule has 0 bridgehead atoms. The van der Waals surface area contributed by atoms with Crippen LogP contribution in [0.5, 0.6) is 0 Å². The first-order chi connectivity index (χ1) is 7.59. The Morgan fingerprint density at radius 3 is 2.44 bits per heavy atom. The lowest BCUT2D eigenvalue weighted by Gasteiger charge is -2.03. The highest BCUT2D eigenvalue weighted by Gasteiger charge is 2.26. The predicted molar refractivity (Wildman–Crippen MR) is 56.9 cm³/mol. The Hall–Kier alpha value is -2.24. The van der Waals surface area contributed by atoms with Gasteiger partial charge in [0.25, 0.3) is 5.69 Å². The molecule has 0 saturated carbocycles. The molecule has 6 heteroatoms. The van der Waals surface area contributed by atoms with Gasteiger partial charge in [0.15, 0.2) is 0 Å². The van der Waals surface area contributed by atoms with Crippen LogP contribution in [0.25, 0.3) is 0 Å². The minimum Gasteiger partial charge on any atom is -0.272 e. The van der Waals surface area contributed by atoms with Crippen molar-refractivity contribution in [2.75, 3.05) is 0 Å². The van der Waals surface area contributed by atoms with Crippen molar-refractivity contribution in [2.24, 2.45) is 11.0 Å². The van der Waals surface area contributed by atoms with Gasteiger partial charge in [-0.25, -0.2) is 5.43 Å². The molecule has 0 fully saturated rings. The van der Waals surface area contributed by atoms with E-state index >= 15 is 0 Å². The zero-order chi connectivity index (χ0) is 11.7. The highest BCUT2D eigenvalue weighted by molar-refractivity contribution is 6.15. The van der Waals surface area contributed by atoms with E-state index in [1.807, 2.05) is 0 Å². The largest absolute Gasteiger partial charge is 0.272 e. The maximum absolute atomic E-state index is 11.2. The van der Waals surface area contributed by atoms with Gasteiger partial charge in [-0.3, -0.25) is 14.9 Å². The molecule has 0 saturated heterocycles. The van der Waals surface area contributed by atoms with Gasteiger partial charge in [0.05, 0.1) is 16.6 Å². The summed E-state index contributed by atoms with van der Waals surface area (Å²) in [7, 11) is 0. The van der Waals surface area contributed by atoms with Crippen LogP contribution in [-0.2, 0) is 4.79 Å². The summed E-state index contributed by atoms with van der Waals surface area (Å²) in [6.07, 6.45) is 0. The van der Waals surface area contributed by atoms with E-state index < -0.39 is 4.92 Å². The molecule has 1 aliphatic rings. The van der Waals surface area contributed by atoms with Gasteiger partial charge in [-0.1, -0.05) is 0 Å². The van der Waals surface area contributed by atoms with Crippen LogP contribution in [-0.4, -0.2) is 16.5 Å². The Morgan fingerprint density at radius 2 is 2.00 bits per heavy atom.